The maximum Gasteiger partial charge on any atom is 1.00 e. The Hall–Kier alpha value is 0.677. The van der Waals surface area contributed by atoms with Crippen LogP contribution in [0.15, 0.2) is 0 Å². The van der Waals surface area contributed by atoms with Crippen LogP contribution in [-0.2, 0) is 9.59 Å². The third kappa shape index (κ3) is 17.1. The van der Waals surface area contributed by atoms with E-state index in [4.69, 9.17) is 25.3 Å². The van der Waals surface area contributed by atoms with E-state index in [9.17, 15) is 9.59 Å². The van der Waals surface area contributed by atoms with Crippen LogP contribution in [0.4, 0.5) is 0 Å². The number of aliphatic carboxylic acids is 2. The van der Waals surface area contributed by atoms with Gasteiger partial charge in [0.2, 0.25) is 0 Å². The second-order valence-corrected chi connectivity index (χ2v) is 2.52. The molecule has 0 aromatic heterocycles. The molecule has 0 unspecified atom stereocenters. The molecule has 0 bridgehead atoms. The van der Waals surface area contributed by atoms with Gasteiger partial charge in [-0.3, -0.25) is 16.9 Å². The van der Waals surface area contributed by atoms with Crippen molar-refractivity contribution < 1.29 is 91.5 Å². The van der Waals surface area contributed by atoms with Gasteiger partial charge in [0.1, 0.15) is 0 Å². The van der Waals surface area contributed by atoms with Gasteiger partial charge in [0.15, 0.2) is 5.41 Å². The van der Waals surface area contributed by atoms with Crippen molar-refractivity contribution in [3.63, 3.8) is 0 Å². The molecule has 0 radical (unpaired) electrons. The molecule has 11 heteroatoms. The average molecular weight is 212 g/mol. The van der Waals surface area contributed by atoms with Crippen LogP contribution in [0.3, 0.4) is 0 Å². The van der Waals surface area contributed by atoms with Crippen molar-refractivity contribution >= 4 is 19.3 Å². The van der Waals surface area contributed by atoms with E-state index in [-0.39, 0.29) is 56.6 Å². The maximum absolute atomic E-state index is 10.1. The van der Waals surface area contributed by atoms with E-state index in [2.05, 4.69) is 0 Å². The monoisotopic (exact) mass is 212 g/mol. The standard InChI is InChI=1S/C5H8O4.BO3.3Li/c1-5(2,3(6)7)4(8)9;2-1(3)4;;;/h1-2H3,(H,6,7)(H,8,9);;;;/q;-3;3*+1. The van der Waals surface area contributed by atoms with Crippen LogP contribution < -0.4 is 71.7 Å². The van der Waals surface area contributed by atoms with Crippen LogP contribution >= 0.6 is 0 Å². The van der Waals surface area contributed by atoms with E-state index >= 15 is 0 Å². The zero-order valence-corrected chi connectivity index (χ0v) is 10.0. The van der Waals surface area contributed by atoms with E-state index < -0.39 is 24.7 Å². The summed E-state index contributed by atoms with van der Waals surface area (Å²) in [6.07, 6.45) is 0. The van der Waals surface area contributed by atoms with Crippen molar-refractivity contribution in [2.45, 2.75) is 13.8 Å². The zero-order chi connectivity index (χ0) is 11.2. The smallest absolute Gasteiger partial charge is 0.907 e. The van der Waals surface area contributed by atoms with E-state index in [0.29, 0.717) is 0 Å². The summed E-state index contributed by atoms with van der Waals surface area (Å²) >= 11 is 0. The minimum atomic E-state index is -2.92. The Morgan fingerprint density at radius 1 is 0.938 bits per heavy atom. The predicted molar refractivity (Wildman–Crippen MR) is 34.8 cm³/mol. The number of carboxylic acid groups (broad SMARTS) is 2. The molecule has 76 valence electrons. The fourth-order valence-corrected chi connectivity index (χ4v) is 0.0915. The number of carbonyl (C=O) groups is 2. The number of hydrogen-bond acceptors (Lipinski definition) is 5. The largest absolute Gasteiger partial charge is 1.00 e. The van der Waals surface area contributed by atoms with E-state index in [1.165, 1.54) is 0 Å². The van der Waals surface area contributed by atoms with Gasteiger partial charge in [0.05, 0.1) is 0 Å². The third-order valence-corrected chi connectivity index (χ3v) is 1.07. The minimum Gasteiger partial charge on any atom is -0.907 e. The first-order chi connectivity index (χ1) is 5.62. The molecular formula is C5H8BLi3O7. The van der Waals surface area contributed by atoms with Crippen LogP contribution in [0, 0.1) is 5.41 Å². The van der Waals surface area contributed by atoms with Gasteiger partial charge < -0.3 is 25.3 Å². The van der Waals surface area contributed by atoms with Crippen molar-refractivity contribution in [3.8, 4) is 0 Å². The van der Waals surface area contributed by atoms with Gasteiger partial charge in [-0.1, -0.05) is 0 Å². The fourth-order valence-electron chi connectivity index (χ4n) is 0.0915. The Morgan fingerprint density at radius 2 is 1.06 bits per heavy atom. The molecule has 0 saturated heterocycles. The first-order valence-electron chi connectivity index (χ1n) is 3.06. The Morgan fingerprint density at radius 3 is 1.06 bits per heavy atom. The van der Waals surface area contributed by atoms with E-state index in [1.807, 2.05) is 0 Å². The predicted octanol–water partition coefficient (Wildman–Crippen LogP) is -12.8. The SMILES string of the molecule is CC(C)(C(=O)O)C(=O)O.[Li+].[Li+].[Li+].[O-]B([O-])[O-]. The molecule has 2 N–H and O–H groups in total. The Labute approximate surface area is 129 Å². The third-order valence-electron chi connectivity index (χ3n) is 1.07. The Bertz CT molecular complexity index is 180. The molecule has 0 aromatic carbocycles. The second kappa shape index (κ2) is 13.7. The minimum absolute atomic E-state index is 0. The van der Waals surface area contributed by atoms with Crippen LogP contribution in [0.2, 0.25) is 0 Å². The molecule has 0 fully saturated rings. The molecule has 0 aliphatic rings. The number of hydrogen-bond donors (Lipinski definition) is 2. The van der Waals surface area contributed by atoms with Crippen molar-refractivity contribution in [1.29, 1.82) is 0 Å². The molecule has 0 heterocycles. The summed E-state index contributed by atoms with van der Waals surface area (Å²) in [5.41, 5.74) is -1.67. The van der Waals surface area contributed by atoms with Gasteiger partial charge in [-0.05, 0) is 13.8 Å². The second-order valence-electron chi connectivity index (χ2n) is 2.52. The van der Waals surface area contributed by atoms with E-state index in [0.717, 1.165) is 13.8 Å². The summed E-state index contributed by atoms with van der Waals surface area (Å²) in [5, 5.41) is 41.7. The molecule has 0 aliphatic heterocycles. The van der Waals surface area contributed by atoms with Crippen LogP contribution in [0.5, 0.6) is 0 Å². The van der Waals surface area contributed by atoms with Crippen molar-refractivity contribution in [1.82, 2.24) is 0 Å². The van der Waals surface area contributed by atoms with Gasteiger partial charge in [-0.15, -0.1) is 0 Å². The van der Waals surface area contributed by atoms with Crippen LogP contribution in [0.25, 0.3) is 0 Å². The quantitative estimate of drug-likeness (QED) is 0.341. The van der Waals surface area contributed by atoms with Crippen LogP contribution in [-0.4, -0.2) is 29.5 Å². The molecular weight excluding hydrogens is 204 g/mol. The van der Waals surface area contributed by atoms with Crippen molar-refractivity contribution in [2.24, 2.45) is 5.41 Å². The normalized spacial score (nSPS) is 7.81. The first-order valence-corrected chi connectivity index (χ1v) is 3.06. The van der Waals surface area contributed by atoms with Gasteiger partial charge in [-0.25, -0.2) is 0 Å². The summed E-state index contributed by atoms with van der Waals surface area (Å²) in [6, 6.07) is 0. The maximum atomic E-state index is 10.1. The molecule has 0 aliphatic carbocycles. The van der Waals surface area contributed by atoms with Crippen molar-refractivity contribution in [3.05, 3.63) is 0 Å². The molecule has 0 atom stereocenters. The molecule has 0 aromatic rings. The summed E-state index contributed by atoms with van der Waals surface area (Å²) in [5.74, 6) is -2.65. The molecule has 0 rings (SSSR count). The number of carboxylic acids is 2. The topological polar surface area (TPSA) is 144 Å². The number of rotatable bonds is 2. The van der Waals surface area contributed by atoms with Gasteiger partial charge >= 0.3 is 68.5 Å². The zero-order valence-electron chi connectivity index (χ0n) is 10.0. The summed E-state index contributed by atoms with van der Waals surface area (Å²) in [6.45, 7) is 2.27. The van der Waals surface area contributed by atoms with Gasteiger partial charge in [-0.2, -0.15) is 0 Å². The summed E-state index contributed by atoms with van der Waals surface area (Å²) < 4.78 is 0. The molecule has 16 heavy (non-hydrogen) atoms. The first kappa shape index (κ1) is 30.1. The molecule has 0 amide bonds. The van der Waals surface area contributed by atoms with E-state index in [1.54, 1.807) is 0 Å². The fraction of sp³-hybridized carbons (Fsp3) is 0.600. The summed E-state index contributed by atoms with van der Waals surface area (Å²) in [4.78, 5) is 20.2. The molecule has 0 spiro atoms. The van der Waals surface area contributed by atoms with Gasteiger partial charge in [0, 0.05) is 0 Å². The molecule has 7 nitrogen and oxygen atoms in total. The Balaban J connectivity index is -0.0000000511. The average Bonchev–Trinajstić information content (AvgIpc) is 1.85. The molecule has 0 saturated carbocycles. The van der Waals surface area contributed by atoms with Crippen LogP contribution in [0.1, 0.15) is 13.8 Å². The van der Waals surface area contributed by atoms with Gasteiger partial charge in [0.25, 0.3) is 0 Å². The van der Waals surface area contributed by atoms with Crippen molar-refractivity contribution in [2.75, 3.05) is 0 Å². The summed E-state index contributed by atoms with van der Waals surface area (Å²) in [7, 11) is -2.92. The Kier molecular flexibility index (Phi) is 25.8.